The van der Waals surface area contributed by atoms with Crippen molar-refractivity contribution in [3.63, 3.8) is 0 Å². The molecule has 128 valence electrons. The molecule has 2 aromatic carbocycles. The molecule has 0 aromatic heterocycles. The number of benzene rings is 2. The minimum absolute atomic E-state index is 0.197. The molecule has 1 atom stereocenters. The van der Waals surface area contributed by atoms with E-state index in [4.69, 9.17) is 4.74 Å². The minimum atomic E-state index is -0.375. The number of rotatable bonds is 9. The SMILES string of the molecule is CCC[C@H](C)NCCOC(=O)C(c1ccccc1)c1ccccc1. The van der Waals surface area contributed by atoms with Crippen molar-refractivity contribution < 1.29 is 9.53 Å². The van der Waals surface area contributed by atoms with Crippen molar-refractivity contribution in [3.8, 4) is 0 Å². The van der Waals surface area contributed by atoms with Gasteiger partial charge in [-0.15, -0.1) is 0 Å². The molecule has 0 radical (unpaired) electrons. The molecule has 0 aliphatic rings. The van der Waals surface area contributed by atoms with E-state index in [1.54, 1.807) is 0 Å². The van der Waals surface area contributed by atoms with E-state index in [2.05, 4.69) is 19.2 Å². The summed E-state index contributed by atoms with van der Waals surface area (Å²) < 4.78 is 5.54. The van der Waals surface area contributed by atoms with E-state index in [9.17, 15) is 4.79 Å². The zero-order valence-corrected chi connectivity index (χ0v) is 14.6. The van der Waals surface area contributed by atoms with Gasteiger partial charge in [0, 0.05) is 12.6 Å². The number of ether oxygens (including phenoxy) is 1. The molecular formula is C21H27NO2. The average Bonchev–Trinajstić information content (AvgIpc) is 2.61. The second kappa shape index (κ2) is 9.89. The minimum Gasteiger partial charge on any atom is -0.464 e. The van der Waals surface area contributed by atoms with Gasteiger partial charge in [-0.3, -0.25) is 4.79 Å². The maximum Gasteiger partial charge on any atom is 0.317 e. The number of carbonyl (C=O) groups is 1. The molecule has 1 N–H and O–H groups in total. The first kappa shape index (κ1) is 18.2. The maximum absolute atomic E-state index is 12.7. The highest BCUT2D eigenvalue weighted by Gasteiger charge is 2.23. The fourth-order valence-corrected chi connectivity index (χ4v) is 2.83. The molecule has 0 bridgehead atoms. The first-order valence-electron chi connectivity index (χ1n) is 8.72. The molecule has 3 nitrogen and oxygen atoms in total. The molecular weight excluding hydrogens is 298 g/mol. The summed E-state index contributed by atoms with van der Waals surface area (Å²) in [4.78, 5) is 12.7. The average molecular weight is 325 g/mol. The van der Waals surface area contributed by atoms with Gasteiger partial charge in [-0.05, 0) is 24.5 Å². The standard InChI is InChI=1S/C21H27NO2/c1-3-10-17(2)22-15-16-24-21(23)20(18-11-6-4-7-12-18)19-13-8-5-9-14-19/h4-9,11-14,17,20,22H,3,10,15-16H2,1-2H3/t17-/m0/s1. The predicted molar refractivity (Wildman–Crippen MR) is 98.1 cm³/mol. The van der Waals surface area contributed by atoms with Crippen molar-refractivity contribution in [2.24, 2.45) is 0 Å². The molecule has 0 heterocycles. The number of esters is 1. The number of hydrogen-bond donors (Lipinski definition) is 1. The summed E-state index contributed by atoms with van der Waals surface area (Å²) >= 11 is 0. The van der Waals surface area contributed by atoms with Crippen LogP contribution in [0.2, 0.25) is 0 Å². The van der Waals surface area contributed by atoms with Crippen LogP contribution in [0, 0.1) is 0 Å². The molecule has 2 rings (SSSR count). The van der Waals surface area contributed by atoms with Crippen LogP contribution in [0.15, 0.2) is 60.7 Å². The third kappa shape index (κ3) is 5.50. The molecule has 0 aliphatic carbocycles. The van der Waals surface area contributed by atoms with Crippen LogP contribution in [0.5, 0.6) is 0 Å². The van der Waals surface area contributed by atoms with Crippen molar-refractivity contribution in [2.45, 2.75) is 38.6 Å². The Labute approximate surface area is 145 Å². The summed E-state index contributed by atoms with van der Waals surface area (Å²) in [6.45, 7) is 5.40. The third-order valence-corrected chi connectivity index (χ3v) is 4.06. The van der Waals surface area contributed by atoms with Gasteiger partial charge in [0.2, 0.25) is 0 Å². The lowest BCUT2D eigenvalue weighted by atomic mass is 9.91. The van der Waals surface area contributed by atoms with Gasteiger partial charge in [0.05, 0.1) is 0 Å². The Morgan fingerprint density at radius 1 is 1.00 bits per heavy atom. The molecule has 0 aliphatic heterocycles. The van der Waals surface area contributed by atoms with Crippen LogP contribution < -0.4 is 5.32 Å². The second-order valence-corrected chi connectivity index (χ2v) is 6.07. The first-order valence-corrected chi connectivity index (χ1v) is 8.72. The fourth-order valence-electron chi connectivity index (χ4n) is 2.83. The summed E-state index contributed by atoms with van der Waals surface area (Å²) in [6.07, 6.45) is 2.28. The van der Waals surface area contributed by atoms with E-state index in [-0.39, 0.29) is 11.9 Å². The van der Waals surface area contributed by atoms with Crippen LogP contribution in [-0.4, -0.2) is 25.2 Å². The molecule has 0 amide bonds. The maximum atomic E-state index is 12.7. The molecule has 0 fully saturated rings. The Bertz CT molecular complexity index is 558. The van der Waals surface area contributed by atoms with E-state index in [0.717, 1.165) is 24.0 Å². The summed E-state index contributed by atoms with van der Waals surface area (Å²) in [5, 5.41) is 3.38. The lowest BCUT2D eigenvalue weighted by Crippen LogP contribution is -2.30. The Morgan fingerprint density at radius 2 is 1.54 bits per heavy atom. The van der Waals surface area contributed by atoms with Crippen molar-refractivity contribution in [2.75, 3.05) is 13.2 Å². The van der Waals surface area contributed by atoms with E-state index in [1.807, 2.05) is 60.7 Å². The summed E-state index contributed by atoms with van der Waals surface area (Å²) in [5.41, 5.74) is 1.92. The van der Waals surface area contributed by atoms with Crippen LogP contribution in [0.25, 0.3) is 0 Å². The van der Waals surface area contributed by atoms with Crippen LogP contribution in [0.1, 0.15) is 43.7 Å². The molecule has 0 unspecified atom stereocenters. The fraction of sp³-hybridized carbons (Fsp3) is 0.381. The zero-order chi connectivity index (χ0) is 17.2. The van der Waals surface area contributed by atoms with Crippen molar-refractivity contribution in [3.05, 3.63) is 71.8 Å². The van der Waals surface area contributed by atoms with Crippen LogP contribution in [-0.2, 0) is 9.53 Å². The predicted octanol–water partition coefficient (Wildman–Crippen LogP) is 4.14. The Balaban J connectivity index is 1.99. The number of nitrogens with one attached hydrogen (secondary N) is 1. The van der Waals surface area contributed by atoms with Gasteiger partial charge in [0.1, 0.15) is 12.5 Å². The van der Waals surface area contributed by atoms with E-state index < -0.39 is 0 Å². The number of hydrogen-bond acceptors (Lipinski definition) is 3. The highest BCUT2D eigenvalue weighted by Crippen LogP contribution is 2.25. The molecule has 3 heteroatoms. The molecule has 0 spiro atoms. The molecule has 0 saturated carbocycles. The Kier molecular flexibility index (Phi) is 7.50. The highest BCUT2D eigenvalue weighted by atomic mass is 16.5. The topological polar surface area (TPSA) is 38.3 Å². The Hall–Kier alpha value is -2.13. The summed E-state index contributed by atoms with van der Waals surface area (Å²) in [7, 11) is 0. The first-order chi connectivity index (χ1) is 11.7. The second-order valence-electron chi connectivity index (χ2n) is 6.07. The van der Waals surface area contributed by atoms with Gasteiger partial charge in [0.25, 0.3) is 0 Å². The highest BCUT2D eigenvalue weighted by molar-refractivity contribution is 5.82. The molecule has 24 heavy (non-hydrogen) atoms. The molecule has 2 aromatic rings. The largest absolute Gasteiger partial charge is 0.464 e. The summed E-state index contributed by atoms with van der Waals surface area (Å²) in [6, 6.07) is 20.1. The smallest absolute Gasteiger partial charge is 0.317 e. The Morgan fingerprint density at radius 3 is 2.04 bits per heavy atom. The normalized spacial score (nSPS) is 12.1. The van der Waals surface area contributed by atoms with E-state index in [1.165, 1.54) is 0 Å². The van der Waals surface area contributed by atoms with Crippen LogP contribution in [0.4, 0.5) is 0 Å². The van der Waals surface area contributed by atoms with Crippen LogP contribution in [0.3, 0.4) is 0 Å². The van der Waals surface area contributed by atoms with Crippen molar-refractivity contribution >= 4 is 5.97 Å². The zero-order valence-electron chi connectivity index (χ0n) is 14.6. The van der Waals surface area contributed by atoms with E-state index in [0.29, 0.717) is 19.2 Å². The number of carbonyl (C=O) groups excluding carboxylic acids is 1. The quantitative estimate of drug-likeness (QED) is 0.556. The van der Waals surface area contributed by atoms with Gasteiger partial charge in [-0.25, -0.2) is 0 Å². The monoisotopic (exact) mass is 325 g/mol. The molecule has 0 saturated heterocycles. The van der Waals surface area contributed by atoms with Gasteiger partial charge < -0.3 is 10.1 Å². The van der Waals surface area contributed by atoms with Gasteiger partial charge in [-0.1, -0.05) is 74.0 Å². The van der Waals surface area contributed by atoms with Crippen molar-refractivity contribution in [1.29, 1.82) is 0 Å². The third-order valence-electron chi connectivity index (χ3n) is 4.06. The van der Waals surface area contributed by atoms with E-state index >= 15 is 0 Å². The van der Waals surface area contributed by atoms with Gasteiger partial charge in [0.15, 0.2) is 0 Å². The van der Waals surface area contributed by atoms with Gasteiger partial charge >= 0.3 is 5.97 Å². The van der Waals surface area contributed by atoms with Gasteiger partial charge in [-0.2, -0.15) is 0 Å². The summed E-state index contributed by atoms with van der Waals surface area (Å²) in [5.74, 6) is -0.571. The van der Waals surface area contributed by atoms with Crippen molar-refractivity contribution in [1.82, 2.24) is 5.32 Å². The van der Waals surface area contributed by atoms with Crippen LogP contribution >= 0.6 is 0 Å². The lowest BCUT2D eigenvalue weighted by Gasteiger charge is -2.18. The lowest BCUT2D eigenvalue weighted by molar-refractivity contribution is -0.144.